The Bertz CT molecular complexity index is 215. The molecule has 0 radical (unpaired) electrons. The molecule has 0 bridgehead atoms. The molecule has 0 aromatic heterocycles. The van der Waals surface area contributed by atoms with Crippen LogP contribution >= 0.6 is 23.3 Å². The standard InChI is InChI=1S/C9H19N2OS2/c1-11-6-5-9(10,14-12)13-7-8-3-2-4-8/h8,11H,2-7,10H2,1H3/q+1/t9-/m1/s1. The van der Waals surface area contributed by atoms with Gasteiger partial charge in [-0.25, -0.2) is 0 Å². The average molecular weight is 235 g/mol. The molecule has 1 fully saturated rings. The minimum atomic E-state index is -0.626. The molecule has 3 nitrogen and oxygen atoms in total. The summed E-state index contributed by atoms with van der Waals surface area (Å²) in [5, 5.41) is 3.03. The summed E-state index contributed by atoms with van der Waals surface area (Å²) in [6, 6.07) is 0. The van der Waals surface area contributed by atoms with E-state index in [1.165, 1.54) is 19.3 Å². The molecule has 1 rings (SSSR count). The van der Waals surface area contributed by atoms with Gasteiger partial charge in [0.15, 0.2) is 0 Å². The Hall–Kier alpha value is 0.450. The van der Waals surface area contributed by atoms with Gasteiger partial charge in [0.2, 0.25) is 0 Å². The van der Waals surface area contributed by atoms with Crippen LogP contribution < -0.4 is 11.1 Å². The number of hydrogen-bond donors (Lipinski definition) is 2. The van der Waals surface area contributed by atoms with Crippen LogP contribution in [0.4, 0.5) is 0 Å². The van der Waals surface area contributed by atoms with Gasteiger partial charge in [-0.15, -0.1) is 0 Å². The van der Waals surface area contributed by atoms with Crippen molar-refractivity contribution in [2.75, 3.05) is 19.3 Å². The van der Waals surface area contributed by atoms with Crippen molar-refractivity contribution in [3.8, 4) is 0 Å². The molecule has 0 spiro atoms. The van der Waals surface area contributed by atoms with E-state index in [0.717, 1.165) is 24.6 Å². The Morgan fingerprint density at radius 3 is 2.71 bits per heavy atom. The van der Waals surface area contributed by atoms with Gasteiger partial charge in [0, 0.05) is 0 Å². The normalized spacial score (nSPS) is 21.2. The molecule has 0 saturated heterocycles. The quantitative estimate of drug-likeness (QED) is 0.545. The van der Waals surface area contributed by atoms with E-state index in [4.69, 9.17) is 5.73 Å². The summed E-state index contributed by atoms with van der Waals surface area (Å²) in [6.07, 6.45) is 4.72. The zero-order valence-corrected chi connectivity index (χ0v) is 10.3. The topological polar surface area (TPSA) is 57.9 Å². The van der Waals surface area contributed by atoms with E-state index in [0.29, 0.717) is 11.5 Å². The van der Waals surface area contributed by atoms with Gasteiger partial charge in [-0.3, -0.25) is 0 Å². The van der Waals surface area contributed by atoms with Crippen LogP contribution in [0.15, 0.2) is 0 Å². The fourth-order valence-electron chi connectivity index (χ4n) is 1.36. The minimum absolute atomic E-state index is 0.539. The summed E-state index contributed by atoms with van der Waals surface area (Å²) >= 11 is 2.18. The van der Waals surface area contributed by atoms with Crippen LogP contribution in [0.3, 0.4) is 0 Å². The van der Waals surface area contributed by atoms with E-state index in [1.807, 2.05) is 7.05 Å². The van der Waals surface area contributed by atoms with Crippen LogP contribution in [0.25, 0.3) is 0 Å². The number of rotatable bonds is 6. The first-order chi connectivity index (χ1) is 6.70. The third kappa shape index (κ3) is 3.90. The van der Waals surface area contributed by atoms with E-state index < -0.39 is 4.20 Å². The van der Waals surface area contributed by atoms with Gasteiger partial charge >= 0.3 is 93.5 Å². The van der Waals surface area contributed by atoms with Gasteiger partial charge in [-0.05, 0) is 0 Å². The SMILES string of the molecule is CNCC[C@@](N)(SCC1CCC1)S#[O+]. The molecule has 1 saturated carbocycles. The molecular formula is C9H19N2OS2+. The van der Waals surface area contributed by atoms with Crippen molar-refractivity contribution in [3.63, 3.8) is 0 Å². The molecule has 0 amide bonds. The Balaban J connectivity index is 2.24. The molecule has 3 N–H and O–H groups in total. The summed E-state index contributed by atoms with van der Waals surface area (Å²) < 4.78 is 10.3. The maximum atomic E-state index is 10.9. The summed E-state index contributed by atoms with van der Waals surface area (Å²) in [7, 11) is 1.88. The second-order valence-corrected chi connectivity index (χ2v) is 6.36. The zero-order valence-electron chi connectivity index (χ0n) is 8.62. The molecule has 5 heteroatoms. The molecule has 14 heavy (non-hydrogen) atoms. The predicted molar refractivity (Wildman–Crippen MR) is 63.5 cm³/mol. The van der Waals surface area contributed by atoms with Crippen molar-refractivity contribution in [1.29, 1.82) is 0 Å². The first kappa shape index (κ1) is 12.5. The van der Waals surface area contributed by atoms with Crippen LogP contribution in [0.1, 0.15) is 25.7 Å². The molecule has 82 valence electrons. The van der Waals surface area contributed by atoms with Crippen LogP contribution in [-0.4, -0.2) is 23.5 Å². The maximum absolute atomic E-state index is 10.9. The van der Waals surface area contributed by atoms with Crippen molar-refractivity contribution in [2.24, 2.45) is 11.7 Å². The van der Waals surface area contributed by atoms with Gasteiger partial charge in [0.1, 0.15) is 0 Å². The number of nitrogens with one attached hydrogen (secondary N) is 1. The van der Waals surface area contributed by atoms with E-state index >= 15 is 0 Å². The number of nitrogens with two attached hydrogens (primary N) is 1. The Kier molecular flexibility index (Phi) is 5.48. The van der Waals surface area contributed by atoms with Crippen molar-refractivity contribution < 1.29 is 4.04 Å². The monoisotopic (exact) mass is 235 g/mol. The first-order valence-electron chi connectivity index (χ1n) is 5.08. The van der Waals surface area contributed by atoms with Crippen molar-refractivity contribution in [2.45, 2.75) is 29.9 Å². The summed E-state index contributed by atoms with van der Waals surface area (Å²) in [5.74, 6) is 1.86. The molecule has 0 aliphatic heterocycles. The van der Waals surface area contributed by atoms with E-state index in [1.54, 1.807) is 11.8 Å². The molecule has 1 atom stereocenters. The fraction of sp³-hybridized carbons (Fsp3) is 1.00. The van der Waals surface area contributed by atoms with Crippen molar-refractivity contribution in [3.05, 3.63) is 0 Å². The second kappa shape index (κ2) is 6.12. The van der Waals surface area contributed by atoms with Gasteiger partial charge < -0.3 is 0 Å². The molecule has 0 heterocycles. The van der Waals surface area contributed by atoms with Crippen molar-refractivity contribution in [1.82, 2.24) is 5.32 Å². The Morgan fingerprint density at radius 2 is 2.29 bits per heavy atom. The molecular weight excluding hydrogens is 216 g/mol. The average Bonchev–Trinajstić information content (AvgIpc) is 2.12. The van der Waals surface area contributed by atoms with E-state index in [9.17, 15) is 4.04 Å². The third-order valence-corrected chi connectivity index (χ3v) is 5.03. The van der Waals surface area contributed by atoms with Crippen molar-refractivity contribution >= 4 is 23.3 Å². The predicted octanol–water partition coefficient (Wildman–Crippen LogP) is 1.82. The Labute approximate surface area is 93.7 Å². The van der Waals surface area contributed by atoms with Gasteiger partial charge in [-0.2, -0.15) is 0 Å². The summed E-state index contributed by atoms with van der Waals surface area (Å²) in [5.41, 5.74) is 5.98. The number of hydrogen-bond acceptors (Lipinski definition) is 3. The summed E-state index contributed by atoms with van der Waals surface area (Å²) in [6.45, 7) is 0.809. The van der Waals surface area contributed by atoms with Crippen LogP contribution in [0, 0.1) is 5.92 Å². The van der Waals surface area contributed by atoms with Gasteiger partial charge in [-0.1, -0.05) is 0 Å². The number of thioether (sulfide) groups is 1. The fourth-order valence-corrected chi connectivity index (χ4v) is 3.04. The van der Waals surface area contributed by atoms with Crippen LogP contribution in [0.2, 0.25) is 0 Å². The zero-order chi connectivity index (χ0) is 10.4. The van der Waals surface area contributed by atoms with Gasteiger partial charge in [0.25, 0.3) is 0 Å². The van der Waals surface area contributed by atoms with Crippen LogP contribution in [-0.2, 0) is 4.04 Å². The summed E-state index contributed by atoms with van der Waals surface area (Å²) in [4.78, 5) is 0. The molecule has 1 aliphatic rings. The third-order valence-electron chi connectivity index (χ3n) is 2.65. The first-order valence-corrected chi connectivity index (χ1v) is 6.81. The molecule has 1 aliphatic carbocycles. The second-order valence-electron chi connectivity index (χ2n) is 3.86. The van der Waals surface area contributed by atoms with Gasteiger partial charge in [0.05, 0.1) is 0 Å². The molecule has 0 unspecified atom stereocenters. The van der Waals surface area contributed by atoms with E-state index in [-0.39, 0.29) is 0 Å². The van der Waals surface area contributed by atoms with E-state index in [2.05, 4.69) is 5.32 Å². The molecule has 0 aromatic carbocycles. The van der Waals surface area contributed by atoms with Crippen LogP contribution in [0.5, 0.6) is 0 Å². The Morgan fingerprint density at radius 1 is 1.57 bits per heavy atom. The molecule has 0 aromatic rings.